The van der Waals surface area contributed by atoms with E-state index in [-0.39, 0.29) is 24.0 Å². The van der Waals surface area contributed by atoms with Gasteiger partial charge in [0.15, 0.2) is 5.96 Å². The van der Waals surface area contributed by atoms with Crippen LogP contribution in [-0.4, -0.2) is 28.8 Å². The number of hydrogen-bond acceptors (Lipinski definition) is 3. The molecule has 0 aliphatic rings. The van der Waals surface area contributed by atoms with Crippen molar-refractivity contribution in [2.45, 2.75) is 26.8 Å². The fourth-order valence-corrected chi connectivity index (χ4v) is 3.04. The lowest BCUT2D eigenvalue weighted by molar-refractivity contribution is 0.561. The van der Waals surface area contributed by atoms with Crippen LogP contribution in [0.25, 0.3) is 0 Å². The van der Waals surface area contributed by atoms with E-state index in [1.165, 1.54) is 4.88 Å². The number of aliphatic imine (C=N–C) groups is 1. The van der Waals surface area contributed by atoms with Crippen LogP contribution in [-0.2, 0) is 20.0 Å². The molecular formula is C16H26IN5S. The van der Waals surface area contributed by atoms with Gasteiger partial charge in [-0.25, -0.2) is 4.99 Å². The number of guanidine groups is 1. The molecule has 2 aromatic rings. The van der Waals surface area contributed by atoms with Crippen LogP contribution in [0.5, 0.6) is 0 Å². The van der Waals surface area contributed by atoms with Crippen LogP contribution in [0.15, 0.2) is 34.8 Å². The molecule has 0 aliphatic carbocycles. The van der Waals surface area contributed by atoms with Gasteiger partial charge >= 0.3 is 0 Å². The van der Waals surface area contributed by atoms with Gasteiger partial charge in [-0.05, 0) is 36.8 Å². The van der Waals surface area contributed by atoms with Crippen LogP contribution in [0.3, 0.4) is 0 Å². The van der Waals surface area contributed by atoms with Crippen molar-refractivity contribution in [1.82, 2.24) is 20.4 Å². The maximum absolute atomic E-state index is 4.62. The Bertz CT molecular complexity index is 579. The number of halogens is 1. The van der Waals surface area contributed by atoms with E-state index in [1.807, 2.05) is 29.1 Å². The van der Waals surface area contributed by atoms with Gasteiger partial charge in [0.1, 0.15) is 0 Å². The van der Waals surface area contributed by atoms with E-state index >= 15 is 0 Å². The smallest absolute Gasteiger partial charge is 0.191 e. The molecule has 5 nitrogen and oxygen atoms in total. The zero-order valence-electron chi connectivity index (χ0n) is 14.0. The number of rotatable bonds is 7. The predicted octanol–water partition coefficient (Wildman–Crippen LogP) is 3.03. The average molecular weight is 447 g/mol. The largest absolute Gasteiger partial charge is 0.357 e. The third-order valence-corrected chi connectivity index (χ3v) is 4.31. The Morgan fingerprint density at radius 1 is 1.39 bits per heavy atom. The molecule has 2 aromatic heterocycles. The van der Waals surface area contributed by atoms with Gasteiger partial charge in [0.2, 0.25) is 0 Å². The third kappa shape index (κ3) is 6.90. The molecule has 2 heterocycles. The summed E-state index contributed by atoms with van der Waals surface area (Å²) < 4.78 is 1.85. The van der Waals surface area contributed by atoms with Crippen LogP contribution in [0.2, 0.25) is 0 Å². The Labute approximate surface area is 159 Å². The van der Waals surface area contributed by atoms with E-state index in [9.17, 15) is 0 Å². The van der Waals surface area contributed by atoms with Gasteiger partial charge in [-0.2, -0.15) is 5.10 Å². The minimum absolute atomic E-state index is 0. The summed E-state index contributed by atoms with van der Waals surface area (Å²) >= 11 is 1.82. The van der Waals surface area contributed by atoms with E-state index in [1.54, 1.807) is 6.20 Å². The Hall–Kier alpha value is -1.09. The molecule has 0 bridgehead atoms. The second-order valence-corrected chi connectivity index (χ2v) is 6.44. The molecule has 2 rings (SSSR count). The highest BCUT2D eigenvalue weighted by molar-refractivity contribution is 14.0. The van der Waals surface area contributed by atoms with E-state index in [0.29, 0.717) is 12.5 Å². The van der Waals surface area contributed by atoms with Gasteiger partial charge < -0.3 is 10.6 Å². The van der Waals surface area contributed by atoms with Crippen LogP contribution in [0.1, 0.15) is 24.4 Å². The molecule has 0 spiro atoms. The summed E-state index contributed by atoms with van der Waals surface area (Å²) in [6.07, 6.45) is 2.90. The molecule has 0 saturated carbocycles. The van der Waals surface area contributed by atoms with Crippen molar-refractivity contribution in [3.05, 3.63) is 40.3 Å². The maximum Gasteiger partial charge on any atom is 0.191 e. The number of hydrogen-bond donors (Lipinski definition) is 2. The number of nitrogens with one attached hydrogen (secondary N) is 2. The molecule has 128 valence electrons. The van der Waals surface area contributed by atoms with Crippen molar-refractivity contribution in [3.63, 3.8) is 0 Å². The standard InChI is InChI=1S/C16H25N5S.HI/c1-4-17-16(19-12-14-7-8-20-21(14)3)18-11-13(2)10-15-6-5-9-22-15;/h5-9,13H,4,10-12H2,1-3H3,(H2,17,18,19);1H. The Kier molecular flexibility index (Phi) is 9.23. The molecule has 2 N–H and O–H groups in total. The second-order valence-electron chi connectivity index (χ2n) is 5.41. The highest BCUT2D eigenvalue weighted by Gasteiger charge is 2.06. The lowest BCUT2D eigenvalue weighted by Gasteiger charge is -2.15. The molecule has 0 amide bonds. The molecule has 0 aliphatic heterocycles. The molecular weight excluding hydrogens is 421 g/mol. The first-order chi connectivity index (χ1) is 10.7. The van der Waals surface area contributed by atoms with Crippen LogP contribution in [0, 0.1) is 5.92 Å². The molecule has 23 heavy (non-hydrogen) atoms. The van der Waals surface area contributed by atoms with Crippen LogP contribution in [0.4, 0.5) is 0 Å². The molecule has 0 radical (unpaired) electrons. The van der Waals surface area contributed by atoms with Crippen molar-refractivity contribution >= 4 is 41.3 Å². The zero-order chi connectivity index (χ0) is 15.8. The van der Waals surface area contributed by atoms with Gasteiger partial charge in [-0.3, -0.25) is 4.68 Å². The van der Waals surface area contributed by atoms with Gasteiger partial charge in [0.05, 0.1) is 12.2 Å². The first kappa shape index (κ1) is 20.0. The second kappa shape index (κ2) is 10.6. The maximum atomic E-state index is 4.62. The minimum atomic E-state index is 0. The SMILES string of the molecule is CCNC(=NCc1ccnn1C)NCC(C)Cc1cccs1.I. The summed E-state index contributed by atoms with van der Waals surface area (Å²) in [6, 6.07) is 6.30. The highest BCUT2D eigenvalue weighted by atomic mass is 127. The normalized spacial score (nSPS) is 12.6. The van der Waals surface area contributed by atoms with Crippen molar-refractivity contribution in [2.24, 2.45) is 18.0 Å². The van der Waals surface area contributed by atoms with E-state index in [4.69, 9.17) is 0 Å². The number of nitrogens with zero attached hydrogens (tertiary/aromatic N) is 3. The molecule has 0 fully saturated rings. The molecule has 1 atom stereocenters. The topological polar surface area (TPSA) is 54.2 Å². The third-order valence-electron chi connectivity index (χ3n) is 3.41. The predicted molar refractivity (Wildman–Crippen MR) is 109 cm³/mol. The van der Waals surface area contributed by atoms with Gasteiger partial charge in [-0.15, -0.1) is 35.3 Å². The summed E-state index contributed by atoms with van der Waals surface area (Å²) in [7, 11) is 1.94. The van der Waals surface area contributed by atoms with E-state index in [2.05, 4.69) is 52.1 Å². The van der Waals surface area contributed by atoms with E-state index < -0.39 is 0 Å². The van der Waals surface area contributed by atoms with Crippen molar-refractivity contribution in [3.8, 4) is 0 Å². The molecule has 7 heteroatoms. The minimum Gasteiger partial charge on any atom is -0.357 e. The van der Waals surface area contributed by atoms with Crippen molar-refractivity contribution in [2.75, 3.05) is 13.1 Å². The quantitative estimate of drug-likeness (QED) is 0.390. The Balaban J connectivity index is 0.00000264. The zero-order valence-corrected chi connectivity index (χ0v) is 17.1. The van der Waals surface area contributed by atoms with Gasteiger partial charge in [0.25, 0.3) is 0 Å². The fourth-order valence-electron chi connectivity index (χ4n) is 2.17. The van der Waals surface area contributed by atoms with Crippen LogP contribution >= 0.6 is 35.3 Å². The molecule has 1 unspecified atom stereocenters. The number of aromatic nitrogens is 2. The Morgan fingerprint density at radius 3 is 2.83 bits per heavy atom. The van der Waals surface area contributed by atoms with Crippen molar-refractivity contribution < 1.29 is 0 Å². The van der Waals surface area contributed by atoms with Crippen molar-refractivity contribution in [1.29, 1.82) is 0 Å². The molecule has 0 saturated heterocycles. The average Bonchev–Trinajstić information content (AvgIpc) is 3.14. The summed E-state index contributed by atoms with van der Waals surface area (Å²) in [5, 5.41) is 13.0. The highest BCUT2D eigenvalue weighted by Crippen LogP contribution is 2.13. The van der Waals surface area contributed by atoms with Crippen LogP contribution < -0.4 is 10.6 Å². The monoisotopic (exact) mass is 447 g/mol. The summed E-state index contributed by atoms with van der Waals surface area (Å²) in [4.78, 5) is 6.06. The summed E-state index contributed by atoms with van der Waals surface area (Å²) in [5.74, 6) is 1.43. The fraction of sp³-hybridized carbons (Fsp3) is 0.500. The lowest BCUT2D eigenvalue weighted by Crippen LogP contribution is -2.39. The summed E-state index contributed by atoms with van der Waals surface area (Å²) in [5.41, 5.74) is 1.10. The summed E-state index contributed by atoms with van der Waals surface area (Å²) in [6.45, 7) is 6.74. The number of thiophene rings is 1. The lowest BCUT2D eigenvalue weighted by atomic mass is 10.1. The van der Waals surface area contributed by atoms with Gasteiger partial charge in [0, 0.05) is 31.2 Å². The first-order valence-electron chi connectivity index (χ1n) is 7.70. The number of aryl methyl sites for hydroxylation is 1. The molecule has 0 aromatic carbocycles. The van der Waals surface area contributed by atoms with Gasteiger partial charge in [-0.1, -0.05) is 13.0 Å². The first-order valence-corrected chi connectivity index (χ1v) is 8.58. The Morgan fingerprint density at radius 2 is 2.22 bits per heavy atom. The van der Waals surface area contributed by atoms with E-state index in [0.717, 1.165) is 31.2 Å².